The third kappa shape index (κ3) is 9.99. The Hall–Kier alpha value is -0.520. The van der Waals surface area contributed by atoms with Gasteiger partial charge in [-0.1, -0.05) is 70.8 Å². The van der Waals surface area contributed by atoms with E-state index in [1.807, 2.05) is 0 Å². The van der Waals surface area contributed by atoms with Gasteiger partial charge in [-0.2, -0.15) is 0 Å². The zero-order valence-electron chi connectivity index (χ0n) is 12.7. The summed E-state index contributed by atoms with van der Waals surface area (Å²) in [5, 5.41) is 0. The fourth-order valence-corrected chi connectivity index (χ4v) is 2.82. The predicted octanol–water partition coefficient (Wildman–Crippen LogP) is 5.66. The number of hydrogen-bond acceptors (Lipinski definition) is 1. The van der Waals surface area contributed by atoms with Crippen LogP contribution in [0.4, 0.5) is 0 Å². The first-order valence-electron chi connectivity index (χ1n) is 8.37. The Morgan fingerprint density at radius 3 is 1.89 bits per heavy atom. The van der Waals surface area contributed by atoms with Gasteiger partial charge in [0, 0.05) is 12.5 Å². The van der Waals surface area contributed by atoms with Crippen LogP contribution in [0.15, 0.2) is 18.4 Å². The monoisotopic (exact) mass is 264 g/mol. The van der Waals surface area contributed by atoms with Crippen molar-refractivity contribution in [2.75, 3.05) is 13.2 Å². The minimum Gasteiger partial charge on any atom is -0.381 e. The van der Waals surface area contributed by atoms with Gasteiger partial charge in [-0.05, 0) is 18.9 Å². The van der Waals surface area contributed by atoms with Gasteiger partial charge < -0.3 is 4.74 Å². The van der Waals surface area contributed by atoms with E-state index in [1.54, 1.807) is 0 Å². The van der Waals surface area contributed by atoms with Crippen molar-refractivity contribution in [1.29, 1.82) is 0 Å². The Kier molecular flexibility index (Phi) is 10.9. The van der Waals surface area contributed by atoms with Crippen molar-refractivity contribution in [2.45, 2.75) is 77.0 Å². The van der Waals surface area contributed by atoms with Crippen LogP contribution in [0.3, 0.4) is 0 Å². The molecule has 1 heterocycles. The Balaban J connectivity index is 2.24. The molecule has 0 bridgehead atoms. The molecule has 0 amide bonds. The van der Waals surface area contributed by atoms with Crippen LogP contribution in [0, 0.1) is 5.92 Å². The van der Waals surface area contributed by atoms with Gasteiger partial charge in [-0.25, -0.2) is 0 Å². The third-order valence-corrected chi connectivity index (χ3v) is 4.05. The first kappa shape index (κ1) is 16.5. The molecule has 0 saturated carbocycles. The molecule has 110 valence electrons. The fourth-order valence-electron chi connectivity index (χ4n) is 2.82. The second kappa shape index (κ2) is 12.5. The van der Waals surface area contributed by atoms with Gasteiger partial charge in [0.25, 0.3) is 0 Å². The minimum absolute atomic E-state index is 0.533. The molecule has 0 aliphatic carbocycles. The highest BCUT2D eigenvalue weighted by Gasteiger charge is 2.05. The molecule has 1 rings (SSSR count). The lowest BCUT2D eigenvalue weighted by atomic mass is 10.00. The van der Waals surface area contributed by atoms with Gasteiger partial charge in [-0.15, -0.1) is 5.73 Å². The van der Waals surface area contributed by atoms with Crippen molar-refractivity contribution in [3.8, 4) is 0 Å². The molecule has 0 radical (unpaired) electrons. The highest BCUT2D eigenvalue weighted by molar-refractivity contribution is 4.84. The second-order valence-corrected chi connectivity index (χ2v) is 5.88. The normalized spacial score (nSPS) is 25.4. The van der Waals surface area contributed by atoms with Crippen LogP contribution >= 0.6 is 0 Å². The lowest BCUT2D eigenvalue weighted by Gasteiger charge is -2.13. The maximum Gasteiger partial charge on any atom is 0.0534 e. The minimum atomic E-state index is 0.533. The molecule has 0 aromatic carbocycles. The van der Waals surface area contributed by atoms with Crippen LogP contribution in [-0.4, -0.2) is 13.2 Å². The molecular weight excluding hydrogens is 232 g/mol. The van der Waals surface area contributed by atoms with E-state index in [2.05, 4.69) is 18.4 Å². The number of hydrogen-bond donors (Lipinski definition) is 0. The van der Waals surface area contributed by atoms with Crippen molar-refractivity contribution >= 4 is 0 Å². The lowest BCUT2D eigenvalue weighted by molar-refractivity contribution is 0.105. The van der Waals surface area contributed by atoms with Gasteiger partial charge in [0.15, 0.2) is 0 Å². The molecule has 1 nitrogen and oxygen atoms in total. The predicted molar refractivity (Wildman–Crippen MR) is 83.4 cm³/mol. The van der Waals surface area contributed by atoms with Gasteiger partial charge in [-0.3, -0.25) is 0 Å². The molecule has 1 aliphatic rings. The Bertz CT molecular complexity index is 224. The van der Waals surface area contributed by atoms with Crippen LogP contribution in [0.1, 0.15) is 77.0 Å². The highest BCUT2D eigenvalue weighted by atomic mass is 16.5. The first-order valence-corrected chi connectivity index (χ1v) is 8.37. The highest BCUT2D eigenvalue weighted by Crippen LogP contribution is 2.16. The van der Waals surface area contributed by atoms with E-state index in [1.165, 1.54) is 77.0 Å². The summed E-state index contributed by atoms with van der Waals surface area (Å²) in [6, 6.07) is 0. The zero-order chi connectivity index (χ0) is 13.6. The second-order valence-electron chi connectivity index (χ2n) is 5.88. The molecule has 1 fully saturated rings. The first-order chi connectivity index (χ1) is 9.43. The topological polar surface area (TPSA) is 9.23 Å². The fraction of sp³-hybridized carbons (Fsp3) is 0.833. The summed E-state index contributed by atoms with van der Waals surface area (Å²) in [5.74, 6) is 0.533. The van der Waals surface area contributed by atoms with Crippen LogP contribution < -0.4 is 0 Å². The van der Waals surface area contributed by atoms with Crippen molar-refractivity contribution in [2.24, 2.45) is 5.92 Å². The molecule has 0 spiro atoms. The maximum atomic E-state index is 5.80. The molecule has 0 N–H and O–H groups in total. The summed E-state index contributed by atoms with van der Waals surface area (Å²) in [5.41, 5.74) is 2.94. The van der Waals surface area contributed by atoms with E-state index < -0.39 is 0 Å². The van der Waals surface area contributed by atoms with E-state index in [9.17, 15) is 0 Å². The van der Waals surface area contributed by atoms with Crippen molar-refractivity contribution < 1.29 is 4.74 Å². The summed E-state index contributed by atoms with van der Waals surface area (Å²) < 4.78 is 5.80. The summed E-state index contributed by atoms with van der Waals surface area (Å²) in [7, 11) is 0. The van der Waals surface area contributed by atoms with Crippen LogP contribution in [0.5, 0.6) is 0 Å². The van der Waals surface area contributed by atoms with Gasteiger partial charge >= 0.3 is 0 Å². The number of ether oxygens (including phenoxy) is 1. The molecule has 1 atom stereocenters. The molecule has 1 saturated heterocycles. The smallest absolute Gasteiger partial charge is 0.0534 e. The molecule has 1 unspecified atom stereocenters. The molecular formula is C18H32O. The molecule has 0 aromatic rings. The Labute approximate surface area is 120 Å². The SMILES string of the molecule is C=C=CC1CCCCCCCCCCCCCOC1. The van der Waals surface area contributed by atoms with Crippen molar-refractivity contribution in [3.05, 3.63) is 18.4 Å². The van der Waals surface area contributed by atoms with E-state index in [-0.39, 0.29) is 0 Å². The summed E-state index contributed by atoms with van der Waals surface area (Å²) in [6.45, 7) is 5.49. The summed E-state index contributed by atoms with van der Waals surface area (Å²) in [6.07, 6.45) is 18.6. The van der Waals surface area contributed by atoms with Crippen molar-refractivity contribution in [1.82, 2.24) is 0 Å². The Morgan fingerprint density at radius 2 is 1.32 bits per heavy atom. The van der Waals surface area contributed by atoms with Gasteiger partial charge in [0.1, 0.15) is 0 Å². The van der Waals surface area contributed by atoms with E-state index in [0.29, 0.717) is 5.92 Å². The molecule has 0 aromatic heterocycles. The van der Waals surface area contributed by atoms with Gasteiger partial charge in [0.2, 0.25) is 0 Å². The summed E-state index contributed by atoms with van der Waals surface area (Å²) in [4.78, 5) is 0. The van der Waals surface area contributed by atoms with E-state index in [0.717, 1.165) is 13.2 Å². The van der Waals surface area contributed by atoms with Crippen molar-refractivity contribution in [3.63, 3.8) is 0 Å². The molecule has 1 aliphatic heterocycles. The quantitative estimate of drug-likeness (QED) is 0.556. The van der Waals surface area contributed by atoms with Crippen LogP contribution in [0.25, 0.3) is 0 Å². The lowest BCUT2D eigenvalue weighted by Crippen LogP contribution is -2.08. The standard InChI is InChI=1S/C18H32O/c1-2-14-18-15-12-10-8-6-4-3-5-7-9-11-13-16-19-17-18/h14,18H,1,3-13,15-17H2. The zero-order valence-corrected chi connectivity index (χ0v) is 12.7. The molecule has 1 heteroatoms. The molecule has 19 heavy (non-hydrogen) atoms. The number of rotatable bonds is 1. The summed E-state index contributed by atoms with van der Waals surface area (Å²) >= 11 is 0. The largest absolute Gasteiger partial charge is 0.381 e. The van der Waals surface area contributed by atoms with E-state index >= 15 is 0 Å². The Morgan fingerprint density at radius 1 is 0.789 bits per heavy atom. The van der Waals surface area contributed by atoms with Crippen LogP contribution in [-0.2, 0) is 4.74 Å². The third-order valence-electron chi connectivity index (χ3n) is 4.05. The maximum absolute atomic E-state index is 5.80. The van der Waals surface area contributed by atoms with E-state index in [4.69, 9.17) is 4.74 Å². The van der Waals surface area contributed by atoms with Crippen LogP contribution in [0.2, 0.25) is 0 Å². The average molecular weight is 264 g/mol. The van der Waals surface area contributed by atoms with Gasteiger partial charge in [0.05, 0.1) is 6.61 Å². The average Bonchev–Trinajstić information content (AvgIpc) is 2.41.